The van der Waals surface area contributed by atoms with E-state index in [1.165, 1.54) is 19.1 Å². The maximum absolute atomic E-state index is 13.2. The minimum Gasteiger partial charge on any atom is -0.460 e. The number of hydrogen-bond acceptors (Lipinski definition) is 7. The first kappa shape index (κ1) is 20.4. The molecule has 1 aromatic carbocycles. The SMILES string of the molecule is CCCc1cc2c(=O)c(-c3ccc(C(=O)OCC)o3)c(C)oc2cc1OC(C)=O. The van der Waals surface area contributed by atoms with Gasteiger partial charge in [0.25, 0.3) is 0 Å². The zero-order chi connectivity index (χ0) is 21.1. The number of benzene rings is 1. The fourth-order valence-electron chi connectivity index (χ4n) is 3.16. The number of esters is 2. The van der Waals surface area contributed by atoms with E-state index in [0.29, 0.717) is 28.9 Å². The summed E-state index contributed by atoms with van der Waals surface area (Å²) in [4.78, 5) is 36.5. The second-order valence-electron chi connectivity index (χ2n) is 6.55. The smallest absolute Gasteiger partial charge is 0.374 e. The van der Waals surface area contributed by atoms with Crippen molar-refractivity contribution in [2.45, 2.75) is 40.5 Å². The van der Waals surface area contributed by atoms with Crippen molar-refractivity contribution in [2.75, 3.05) is 6.61 Å². The van der Waals surface area contributed by atoms with Crippen LogP contribution in [0.4, 0.5) is 0 Å². The minimum absolute atomic E-state index is 0.0117. The molecule has 0 aliphatic heterocycles. The summed E-state index contributed by atoms with van der Waals surface area (Å²) in [6.45, 7) is 6.86. The Morgan fingerprint density at radius 1 is 1.10 bits per heavy atom. The van der Waals surface area contributed by atoms with Gasteiger partial charge >= 0.3 is 11.9 Å². The standard InChI is InChI=1S/C22H22O7/c1-5-7-14-10-15-19(11-18(14)28-13(4)23)27-12(3)20(21(15)24)16-8-9-17(29-16)22(25)26-6-2/h8-11H,5-7H2,1-4H3. The topological polar surface area (TPSA) is 96.0 Å². The van der Waals surface area contributed by atoms with Gasteiger partial charge in [-0.1, -0.05) is 13.3 Å². The Labute approximate surface area is 167 Å². The molecule has 0 bridgehead atoms. The molecular formula is C22H22O7. The van der Waals surface area contributed by atoms with Crippen LogP contribution in [0.5, 0.6) is 5.75 Å². The molecule has 7 heteroatoms. The van der Waals surface area contributed by atoms with Crippen LogP contribution in [0.25, 0.3) is 22.3 Å². The Morgan fingerprint density at radius 3 is 2.52 bits per heavy atom. The molecule has 0 aliphatic carbocycles. The van der Waals surface area contributed by atoms with E-state index in [4.69, 9.17) is 18.3 Å². The summed E-state index contributed by atoms with van der Waals surface area (Å²) in [6, 6.07) is 6.24. The van der Waals surface area contributed by atoms with Gasteiger partial charge in [-0.2, -0.15) is 0 Å². The molecule has 3 rings (SSSR count). The largest absolute Gasteiger partial charge is 0.460 e. The van der Waals surface area contributed by atoms with Crippen LogP contribution in [0.15, 0.2) is 37.9 Å². The first-order valence-electron chi connectivity index (χ1n) is 9.41. The van der Waals surface area contributed by atoms with Crippen molar-refractivity contribution < 1.29 is 27.9 Å². The second-order valence-corrected chi connectivity index (χ2v) is 6.55. The number of carbonyl (C=O) groups is 2. The molecular weight excluding hydrogens is 376 g/mol. The highest BCUT2D eigenvalue weighted by Crippen LogP contribution is 2.30. The monoisotopic (exact) mass is 398 g/mol. The number of fused-ring (bicyclic) bond motifs is 1. The van der Waals surface area contributed by atoms with Gasteiger partial charge in [0.1, 0.15) is 28.4 Å². The molecule has 152 valence electrons. The lowest BCUT2D eigenvalue weighted by Gasteiger charge is -2.11. The molecule has 0 saturated heterocycles. The third-order valence-electron chi connectivity index (χ3n) is 4.35. The average molecular weight is 398 g/mol. The van der Waals surface area contributed by atoms with Gasteiger partial charge in [-0.25, -0.2) is 4.79 Å². The molecule has 0 unspecified atom stereocenters. The zero-order valence-electron chi connectivity index (χ0n) is 16.8. The number of hydrogen-bond donors (Lipinski definition) is 0. The first-order chi connectivity index (χ1) is 13.8. The highest BCUT2D eigenvalue weighted by molar-refractivity contribution is 5.88. The summed E-state index contributed by atoms with van der Waals surface area (Å²) in [6.07, 6.45) is 1.44. The lowest BCUT2D eigenvalue weighted by Crippen LogP contribution is -2.10. The molecule has 0 aliphatic rings. The molecule has 0 amide bonds. The zero-order valence-corrected chi connectivity index (χ0v) is 16.8. The van der Waals surface area contributed by atoms with Crippen molar-refractivity contribution >= 4 is 22.9 Å². The second kappa shape index (κ2) is 8.34. The van der Waals surface area contributed by atoms with Gasteiger partial charge < -0.3 is 18.3 Å². The van der Waals surface area contributed by atoms with Crippen molar-refractivity contribution in [3.8, 4) is 17.1 Å². The van der Waals surface area contributed by atoms with E-state index in [-0.39, 0.29) is 29.1 Å². The van der Waals surface area contributed by atoms with E-state index in [2.05, 4.69) is 0 Å². The number of rotatable bonds is 6. The number of carbonyl (C=O) groups excluding carboxylic acids is 2. The van der Waals surface area contributed by atoms with Crippen molar-refractivity contribution in [3.05, 3.63) is 51.6 Å². The Morgan fingerprint density at radius 2 is 1.86 bits per heavy atom. The van der Waals surface area contributed by atoms with E-state index >= 15 is 0 Å². The molecule has 0 fully saturated rings. The molecule has 2 aromatic heterocycles. The summed E-state index contributed by atoms with van der Waals surface area (Å²) in [7, 11) is 0. The highest BCUT2D eigenvalue weighted by Gasteiger charge is 2.21. The summed E-state index contributed by atoms with van der Waals surface area (Å²) >= 11 is 0. The molecule has 0 saturated carbocycles. The van der Waals surface area contributed by atoms with Crippen LogP contribution in [0, 0.1) is 6.92 Å². The third kappa shape index (κ3) is 4.08. The minimum atomic E-state index is -0.599. The quantitative estimate of drug-likeness (QED) is 0.448. The highest BCUT2D eigenvalue weighted by atomic mass is 16.5. The van der Waals surface area contributed by atoms with Gasteiger partial charge in [-0.15, -0.1) is 0 Å². The van der Waals surface area contributed by atoms with Crippen LogP contribution in [0.1, 0.15) is 49.1 Å². The molecule has 2 heterocycles. The van der Waals surface area contributed by atoms with Gasteiger partial charge in [0.15, 0.2) is 0 Å². The normalized spacial score (nSPS) is 10.9. The van der Waals surface area contributed by atoms with E-state index in [1.807, 2.05) is 6.92 Å². The molecule has 0 atom stereocenters. The Hall–Kier alpha value is -3.35. The summed E-state index contributed by atoms with van der Waals surface area (Å²) < 4.78 is 21.6. The first-order valence-corrected chi connectivity index (χ1v) is 9.41. The third-order valence-corrected chi connectivity index (χ3v) is 4.35. The van der Waals surface area contributed by atoms with E-state index in [1.54, 1.807) is 26.0 Å². The molecule has 3 aromatic rings. The van der Waals surface area contributed by atoms with Gasteiger partial charge in [0, 0.05) is 13.0 Å². The summed E-state index contributed by atoms with van der Waals surface area (Å²) in [5, 5.41) is 0.346. The van der Waals surface area contributed by atoms with Crippen molar-refractivity contribution in [1.29, 1.82) is 0 Å². The van der Waals surface area contributed by atoms with E-state index in [0.717, 1.165) is 12.0 Å². The number of furan rings is 1. The maximum Gasteiger partial charge on any atom is 0.374 e. The van der Waals surface area contributed by atoms with Gasteiger partial charge in [0.2, 0.25) is 11.2 Å². The number of ether oxygens (including phenoxy) is 2. The van der Waals surface area contributed by atoms with Crippen LogP contribution < -0.4 is 10.2 Å². The van der Waals surface area contributed by atoms with E-state index in [9.17, 15) is 14.4 Å². The molecule has 0 radical (unpaired) electrons. The number of aryl methyl sites for hydroxylation is 2. The fraction of sp³-hybridized carbons (Fsp3) is 0.318. The van der Waals surface area contributed by atoms with Crippen LogP contribution in [-0.2, 0) is 16.0 Å². The maximum atomic E-state index is 13.2. The fourth-order valence-corrected chi connectivity index (χ4v) is 3.16. The van der Waals surface area contributed by atoms with Crippen molar-refractivity contribution in [2.24, 2.45) is 0 Å². The Bertz CT molecular complexity index is 1130. The van der Waals surface area contributed by atoms with Gasteiger partial charge in [0.05, 0.1) is 12.0 Å². The van der Waals surface area contributed by atoms with Crippen LogP contribution >= 0.6 is 0 Å². The average Bonchev–Trinajstić information content (AvgIpc) is 3.12. The molecule has 0 N–H and O–H groups in total. The van der Waals surface area contributed by atoms with Crippen molar-refractivity contribution in [3.63, 3.8) is 0 Å². The van der Waals surface area contributed by atoms with E-state index < -0.39 is 11.9 Å². The predicted octanol–water partition coefficient (Wildman–Crippen LogP) is 4.42. The Kier molecular flexibility index (Phi) is 5.87. The predicted molar refractivity (Wildman–Crippen MR) is 106 cm³/mol. The van der Waals surface area contributed by atoms with Gasteiger partial charge in [-0.05, 0) is 44.0 Å². The molecule has 29 heavy (non-hydrogen) atoms. The van der Waals surface area contributed by atoms with Crippen molar-refractivity contribution in [1.82, 2.24) is 0 Å². The Balaban J connectivity index is 2.16. The lowest BCUT2D eigenvalue weighted by atomic mass is 10.0. The van der Waals surface area contributed by atoms with Crippen LogP contribution in [-0.4, -0.2) is 18.5 Å². The van der Waals surface area contributed by atoms with Crippen LogP contribution in [0.2, 0.25) is 0 Å². The van der Waals surface area contributed by atoms with Crippen LogP contribution in [0.3, 0.4) is 0 Å². The lowest BCUT2D eigenvalue weighted by molar-refractivity contribution is -0.131. The summed E-state index contributed by atoms with van der Waals surface area (Å²) in [5.74, 6) is -0.105. The molecule has 7 nitrogen and oxygen atoms in total. The van der Waals surface area contributed by atoms with Gasteiger partial charge in [-0.3, -0.25) is 9.59 Å². The summed E-state index contributed by atoms with van der Waals surface area (Å²) in [5.41, 5.74) is 0.990. The molecule has 0 spiro atoms.